The van der Waals surface area contributed by atoms with Crippen LogP contribution in [-0.4, -0.2) is 13.1 Å². The average molecular weight is 251 g/mol. The molecule has 3 atom stereocenters. The van der Waals surface area contributed by atoms with Crippen LogP contribution < -0.4 is 5.32 Å². The second-order valence-electron chi connectivity index (χ2n) is 6.64. The Hall–Kier alpha value is -0.0400. The summed E-state index contributed by atoms with van der Waals surface area (Å²) in [4.78, 5) is 0. The quantitative estimate of drug-likeness (QED) is 0.583. The van der Waals surface area contributed by atoms with Gasteiger partial charge in [0.15, 0.2) is 0 Å². The van der Waals surface area contributed by atoms with E-state index in [1.807, 2.05) is 0 Å². The molecule has 2 aliphatic rings. The van der Waals surface area contributed by atoms with E-state index in [2.05, 4.69) is 19.3 Å². The Labute approximate surface area is 114 Å². The number of hydrogen-bond acceptors (Lipinski definition) is 1. The van der Waals surface area contributed by atoms with Gasteiger partial charge in [-0.25, -0.2) is 0 Å². The van der Waals surface area contributed by atoms with Crippen molar-refractivity contribution in [2.75, 3.05) is 7.05 Å². The molecule has 18 heavy (non-hydrogen) atoms. The van der Waals surface area contributed by atoms with Crippen molar-refractivity contribution in [3.8, 4) is 0 Å². The van der Waals surface area contributed by atoms with Crippen LogP contribution in [0.3, 0.4) is 0 Å². The SMILES string of the molecule is CCCCCCCCC(NC)C1C2CCCCC21. The molecule has 0 aromatic heterocycles. The van der Waals surface area contributed by atoms with Crippen LogP contribution in [0.2, 0.25) is 0 Å². The fraction of sp³-hybridized carbons (Fsp3) is 1.00. The minimum absolute atomic E-state index is 0.837. The van der Waals surface area contributed by atoms with E-state index in [0.717, 1.165) is 23.8 Å². The van der Waals surface area contributed by atoms with Crippen molar-refractivity contribution in [3.05, 3.63) is 0 Å². The number of fused-ring (bicyclic) bond motifs is 1. The topological polar surface area (TPSA) is 12.0 Å². The molecule has 0 aliphatic heterocycles. The second-order valence-corrected chi connectivity index (χ2v) is 6.64. The maximum atomic E-state index is 3.62. The molecule has 0 heterocycles. The third-order valence-electron chi connectivity index (χ3n) is 5.43. The summed E-state index contributed by atoms with van der Waals surface area (Å²) in [5.41, 5.74) is 0. The van der Waals surface area contributed by atoms with E-state index in [0.29, 0.717) is 0 Å². The van der Waals surface area contributed by atoms with E-state index >= 15 is 0 Å². The Kier molecular flexibility index (Phi) is 6.01. The minimum Gasteiger partial charge on any atom is -0.317 e. The summed E-state index contributed by atoms with van der Waals surface area (Å²) < 4.78 is 0. The van der Waals surface area contributed by atoms with Crippen LogP contribution in [0.15, 0.2) is 0 Å². The Morgan fingerprint density at radius 3 is 2.17 bits per heavy atom. The molecule has 2 rings (SSSR count). The van der Waals surface area contributed by atoms with E-state index in [4.69, 9.17) is 0 Å². The summed E-state index contributed by atoms with van der Waals surface area (Å²) in [7, 11) is 2.19. The highest BCUT2D eigenvalue weighted by Crippen LogP contribution is 2.57. The Bertz CT molecular complexity index is 214. The van der Waals surface area contributed by atoms with Gasteiger partial charge in [-0.15, -0.1) is 0 Å². The van der Waals surface area contributed by atoms with Gasteiger partial charge in [0.1, 0.15) is 0 Å². The van der Waals surface area contributed by atoms with Crippen molar-refractivity contribution >= 4 is 0 Å². The number of rotatable bonds is 9. The van der Waals surface area contributed by atoms with Gasteiger partial charge in [-0.2, -0.15) is 0 Å². The zero-order valence-corrected chi connectivity index (χ0v) is 12.6. The summed E-state index contributed by atoms with van der Waals surface area (Å²) >= 11 is 0. The zero-order valence-electron chi connectivity index (χ0n) is 12.6. The van der Waals surface area contributed by atoms with Crippen molar-refractivity contribution in [2.45, 2.75) is 83.6 Å². The Morgan fingerprint density at radius 2 is 1.56 bits per heavy atom. The summed E-state index contributed by atoms with van der Waals surface area (Å²) in [6.45, 7) is 2.30. The Balaban J connectivity index is 1.58. The molecule has 106 valence electrons. The van der Waals surface area contributed by atoms with Gasteiger partial charge in [0.05, 0.1) is 0 Å². The Morgan fingerprint density at radius 1 is 0.944 bits per heavy atom. The standard InChI is InChI=1S/C17H33N/c1-3-4-5-6-7-8-13-16(18-2)17-14-11-9-10-12-15(14)17/h14-18H,3-13H2,1-2H3. The van der Waals surface area contributed by atoms with E-state index in [1.165, 1.54) is 70.6 Å². The van der Waals surface area contributed by atoms with E-state index in [1.54, 1.807) is 0 Å². The van der Waals surface area contributed by atoms with Crippen LogP contribution in [0.1, 0.15) is 77.6 Å². The lowest BCUT2D eigenvalue weighted by Crippen LogP contribution is -2.28. The van der Waals surface area contributed by atoms with Gasteiger partial charge in [-0.1, -0.05) is 58.3 Å². The van der Waals surface area contributed by atoms with Crippen LogP contribution in [0.25, 0.3) is 0 Å². The van der Waals surface area contributed by atoms with E-state index in [9.17, 15) is 0 Å². The molecule has 0 aromatic carbocycles. The van der Waals surface area contributed by atoms with Crippen LogP contribution >= 0.6 is 0 Å². The molecule has 0 saturated heterocycles. The first-order valence-electron chi connectivity index (χ1n) is 8.55. The molecule has 2 saturated carbocycles. The van der Waals surface area contributed by atoms with Crippen LogP contribution in [-0.2, 0) is 0 Å². The van der Waals surface area contributed by atoms with Gasteiger partial charge in [0, 0.05) is 6.04 Å². The largest absolute Gasteiger partial charge is 0.317 e. The first kappa shape index (κ1) is 14.4. The minimum atomic E-state index is 0.837. The van der Waals surface area contributed by atoms with Gasteiger partial charge >= 0.3 is 0 Å². The highest BCUT2D eigenvalue weighted by atomic mass is 14.9. The predicted octanol–water partition coefficient (Wildman–Crippen LogP) is 4.76. The fourth-order valence-corrected chi connectivity index (χ4v) is 4.32. The molecular formula is C17H33N. The summed E-state index contributed by atoms with van der Waals surface area (Å²) in [5, 5.41) is 3.62. The third-order valence-corrected chi connectivity index (χ3v) is 5.43. The molecular weight excluding hydrogens is 218 g/mol. The zero-order chi connectivity index (χ0) is 12.8. The number of hydrogen-bond donors (Lipinski definition) is 1. The third kappa shape index (κ3) is 3.73. The molecule has 0 aromatic rings. The second kappa shape index (κ2) is 7.53. The van der Waals surface area contributed by atoms with Crippen molar-refractivity contribution in [3.63, 3.8) is 0 Å². The molecule has 1 nitrogen and oxygen atoms in total. The van der Waals surface area contributed by atoms with Crippen molar-refractivity contribution in [1.82, 2.24) is 5.32 Å². The van der Waals surface area contributed by atoms with Crippen molar-refractivity contribution in [1.29, 1.82) is 0 Å². The van der Waals surface area contributed by atoms with Gasteiger partial charge in [0.2, 0.25) is 0 Å². The van der Waals surface area contributed by atoms with E-state index < -0.39 is 0 Å². The molecule has 0 bridgehead atoms. The van der Waals surface area contributed by atoms with Crippen molar-refractivity contribution in [2.24, 2.45) is 17.8 Å². The first-order valence-corrected chi connectivity index (χ1v) is 8.55. The maximum Gasteiger partial charge on any atom is 0.00978 e. The van der Waals surface area contributed by atoms with Crippen LogP contribution in [0.5, 0.6) is 0 Å². The molecule has 0 amide bonds. The highest BCUT2D eigenvalue weighted by molar-refractivity contribution is 5.04. The monoisotopic (exact) mass is 251 g/mol. The number of nitrogens with one attached hydrogen (secondary N) is 1. The smallest absolute Gasteiger partial charge is 0.00978 e. The molecule has 0 radical (unpaired) electrons. The summed E-state index contributed by atoms with van der Waals surface area (Å²) in [6.07, 6.45) is 16.1. The van der Waals surface area contributed by atoms with Crippen molar-refractivity contribution < 1.29 is 0 Å². The lowest BCUT2D eigenvalue weighted by Gasteiger charge is -2.16. The lowest BCUT2D eigenvalue weighted by atomic mass is 10.0. The maximum absolute atomic E-state index is 3.62. The van der Waals surface area contributed by atoms with Crippen LogP contribution in [0.4, 0.5) is 0 Å². The molecule has 1 N–H and O–H groups in total. The average Bonchev–Trinajstić information content (AvgIpc) is 3.13. The predicted molar refractivity (Wildman–Crippen MR) is 79.8 cm³/mol. The molecule has 2 aliphatic carbocycles. The fourth-order valence-electron chi connectivity index (χ4n) is 4.32. The van der Waals surface area contributed by atoms with Gasteiger partial charge < -0.3 is 5.32 Å². The summed E-state index contributed by atoms with van der Waals surface area (Å²) in [5.74, 6) is 3.26. The highest BCUT2D eigenvalue weighted by Gasteiger charge is 2.53. The summed E-state index contributed by atoms with van der Waals surface area (Å²) in [6, 6.07) is 0.837. The molecule has 0 spiro atoms. The lowest BCUT2D eigenvalue weighted by molar-refractivity contribution is 0.414. The van der Waals surface area contributed by atoms with Gasteiger partial charge in [-0.05, 0) is 44.1 Å². The van der Waals surface area contributed by atoms with E-state index in [-0.39, 0.29) is 0 Å². The molecule has 3 unspecified atom stereocenters. The first-order chi connectivity index (χ1) is 8.88. The van der Waals surface area contributed by atoms with Gasteiger partial charge in [0.25, 0.3) is 0 Å². The van der Waals surface area contributed by atoms with Crippen LogP contribution in [0, 0.1) is 17.8 Å². The van der Waals surface area contributed by atoms with Gasteiger partial charge in [-0.3, -0.25) is 0 Å². The normalized spacial score (nSPS) is 32.0. The number of unbranched alkanes of at least 4 members (excludes halogenated alkanes) is 5. The molecule has 2 fully saturated rings. The molecule has 1 heteroatoms.